The quantitative estimate of drug-likeness (QED) is 0.920. The lowest BCUT2D eigenvalue weighted by atomic mass is 9.95. The van der Waals surface area contributed by atoms with Gasteiger partial charge in [0, 0.05) is 26.2 Å². The minimum Gasteiger partial charge on any atom is -0.338 e. The Bertz CT molecular complexity index is 462. The maximum absolute atomic E-state index is 12.5. The highest BCUT2D eigenvalue weighted by molar-refractivity contribution is 5.78. The van der Waals surface area contributed by atoms with Crippen LogP contribution in [0.5, 0.6) is 0 Å². The van der Waals surface area contributed by atoms with Crippen molar-refractivity contribution >= 4 is 5.91 Å². The first-order valence-electron chi connectivity index (χ1n) is 7.77. The second-order valence-corrected chi connectivity index (χ2v) is 6.26. The van der Waals surface area contributed by atoms with E-state index in [-0.39, 0.29) is 18.0 Å². The molecule has 0 spiro atoms. The van der Waals surface area contributed by atoms with E-state index in [1.807, 2.05) is 30.1 Å². The molecule has 1 aromatic rings. The van der Waals surface area contributed by atoms with Crippen molar-refractivity contribution in [2.75, 3.05) is 26.7 Å². The Morgan fingerprint density at radius 3 is 2.71 bits per heavy atom. The van der Waals surface area contributed by atoms with Gasteiger partial charge in [0.15, 0.2) is 0 Å². The third-order valence-corrected chi connectivity index (χ3v) is 4.67. The SMILES string of the molecule is CC1CN(CC(=O)N(C)C(C)c2ccccc2)CCC1N. The van der Waals surface area contributed by atoms with Gasteiger partial charge in [0.05, 0.1) is 12.6 Å². The number of benzene rings is 1. The molecule has 1 heterocycles. The zero-order valence-corrected chi connectivity index (χ0v) is 13.3. The molecule has 116 valence electrons. The van der Waals surface area contributed by atoms with E-state index in [0.29, 0.717) is 12.5 Å². The molecule has 0 bridgehead atoms. The molecule has 4 heteroatoms. The molecular formula is C17H27N3O. The minimum absolute atomic E-state index is 0.100. The monoisotopic (exact) mass is 289 g/mol. The average molecular weight is 289 g/mol. The van der Waals surface area contributed by atoms with Crippen molar-refractivity contribution in [3.63, 3.8) is 0 Å². The molecule has 1 aliphatic rings. The van der Waals surface area contributed by atoms with Crippen LogP contribution in [0.4, 0.5) is 0 Å². The molecular weight excluding hydrogens is 262 g/mol. The van der Waals surface area contributed by atoms with Gasteiger partial charge < -0.3 is 10.6 Å². The Balaban J connectivity index is 1.91. The van der Waals surface area contributed by atoms with Gasteiger partial charge in [-0.25, -0.2) is 0 Å². The lowest BCUT2D eigenvalue weighted by molar-refractivity contribution is -0.133. The van der Waals surface area contributed by atoms with Gasteiger partial charge in [-0.1, -0.05) is 37.3 Å². The van der Waals surface area contributed by atoms with E-state index in [1.165, 1.54) is 5.56 Å². The van der Waals surface area contributed by atoms with Gasteiger partial charge in [0.2, 0.25) is 5.91 Å². The molecule has 4 nitrogen and oxygen atoms in total. The van der Waals surface area contributed by atoms with Crippen LogP contribution < -0.4 is 5.73 Å². The zero-order valence-electron chi connectivity index (χ0n) is 13.3. The molecule has 1 saturated heterocycles. The third-order valence-electron chi connectivity index (χ3n) is 4.67. The summed E-state index contributed by atoms with van der Waals surface area (Å²) in [5, 5.41) is 0. The Kier molecular flexibility index (Phi) is 5.37. The molecule has 1 amide bonds. The second kappa shape index (κ2) is 7.05. The van der Waals surface area contributed by atoms with Crippen molar-refractivity contribution in [3.05, 3.63) is 35.9 Å². The molecule has 2 N–H and O–H groups in total. The average Bonchev–Trinajstić information content (AvgIpc) is 2.50. The minimum atomic E-state index is 0.100. The summed E-state index contributed by atoms with van der Waals surface area (Å²) < 4.78 is 0. The van der Waals surface area contributed by atoms with E-state index in [2.05, 4.69) is 30.9 Å². The van der Waals surface area contributed by atoms with Crippen LogP contribution in [0.2, 0.25) is 0 Å². The van der Waals surface area contributed by atoms with E-state index in [9.17, 15) is 4.79 Å². The van der Waals surface area contributed by atoms with Crippen molar-refractivity contribution in [1.29, 1.82) is 0 Å². The summed E-state index contributed by atoms with van der Waals surface area (Å²) >= 11 is 0. The fraction of sp³-hybridized carbons (Fsp3) is 0.588. The molecule has 2 rings (SSSR count). The molecule has 1 aliphatic heterocycles. The van der Waals surface area contributed by atoms with Crippen LogP contribution in [-0.4, -0.2) is 48.4 Å². The first-order valence-corrected chi connectivity index (χ1v) is 7.77. The Morgan fingerprint density at radius 1 is 1.43 bits per heavy atom. The van der Waals surface area contributed by atoms with Crippen LogP contribution in [0.3, 0.4) is 0 Å². The summed E-state index contributed by atoms with van der Waals surface area (Å²) in [5.41, 5.74) is 7.20. The summed E-state index contributed by atoms with van der Waals surface area (Å²) in [4.78, 5) is 16.5. The van der Waals surface area contributed by atoms with Crippen molar-refractivity contribution in [1.82, 2.24) is 9.80 Å². The molecule has 21 heavy (non-hydrogen) atoms. The molecule has 3 atom stereocenters. The van der Waals surface area contributed by atoms with E-state index < -0.39 is 0 Å². The Hall–Kier alpha value is -1.39. The first-order chi connectivity index (χ1) is 9.99. The maximum atomic E-state index is 12.5. The van der Waals surface area contributed by atoms with Crippen LogP contribution >= 0.6 is 0 Å². The smallest absolute Gasteiger partial charge is 0.236 e. The maximum Gasteiger partial charge on any atom is 0.236 e. The Morgan fingerprint density at radius 2 is 2.10 bits per heavy atom. The number of hydrogen-bond acceptors (Lipinski definition) is 3. The lowest BCUT2D eigenvalue weighted by Gasteiger charge is -2.36. The van der Waals surface area contributed by atoms with Crippen LogP contribution in [-0.2, 0) is 4.79 Å². The Labute approximate surface area is 127 Å². The molecule has 1 fully saturated rings. The number of piperidine rings is 1. The van der Waals surface area contributed by atoms with E-state index in [0.717, 1.165) is 19.5 Å². The number of carbonyl (C=O) groups is 1. The zero-order chi connectivity index (χ0) is 15.4. The summed E-state index contributed by atoms with van der Waals surface area (Å²) in [6, 6.07) is 10.5. The van der Waals surface area contributed by atoms with Crippen LogP contribution in [0, 0.1) is 5.92 Å². The number of nitrogens with zero attached hydrogens (tertiary/aromatic N) is 2. The fourth-order valence-corrected chi connectivity index (χ4v) is 2.87. The summed E-state index contributed by atoms with van der Waals surface area (Å²) in [7, 11) is 1.89. The molecule has 0 saturated carbocycles. The lowest BCUT2D eigenvalue weighted by Crippen LogP contribution is -2.49. The number of carbonyl (C=O) groups excluding carboxylic acids is 1. The van der Waals surface area contributed by atoms with Crippen LogP contribution in [0.15, 0.2) is 30.3 Å². The highest BCUT2D eigenvalue weighted by Crippen LogP contribution is 2.19. The summed E-state index contributed by atoms with van der Waals surface area (Å²) in [6.07, 6.45) is 0.979. The van der Waals surface area contributed by atoms with E-state index in [4.69, 9.17) is 5.73 Å². The number of likely N-dealkylation sites (N-methyl/N-ethyl adjacent to an activating group) is 1. The molecule has 0 aliphatic carbocycles. The predicted octanol–water partition coefficient (Wildman–Crippen LogP) is 1.88. The predicted molar refractivity (Wildman–Crippen MR) is 85.8 cm³/mol. The standard InChI is InChI=1S/C17H27N3O/c1-13-11-20(10-9-16(13)18)12-17(21)19(3)14(2)15-7-5-4-6-8-15/h4-8,13-14,16H,9-12,18H2,1-3H3. The molecule has 1 aromatic carbocycles. The normalized spacial score (nSPS) is 24.6. The number of rotatable bonds is 4. The molecule has 0 aromatic heterocycles. The second-order valence-electron chi connectivity index (χ2n) is 6.26. The largest absolute Gasteiger partial charge is 0.338 e. The van der Waals surface area contributed by atoms with Gasteiger partial charge in [0.1, 0.15) is 0 Å². The van der Waals surface area contributed by atoms with Crippen molar-refractivity contribution < 1.29 is 4.79 Å². The number of nitrogens with two attached hydrogens (primary N) is 1. The summed E-state index contributed by atoms with van der Waals surface area (Å²) in [5.74, 6) is 0.637. The fourth-order valence-electron chi connectivity index (χ4n) is 2.87. The van der Waals surface area contributed by atoms with Gasteiger partial charge in [-0.3, -0.25) is 9.69 Å². The first kappa shape index (κ1) is 16.0. The van der Waals surface area contributed by atoms with Crippen molar-refractivity contribution in [2.24, 2.45) is 11.7 Å². The van der Waals surface area contributed by atoms with Crippen molar-refractivity contribution in [2.45, 2.75) is 32.4 Å². The van der Waals surface area contributed by atoms with Gasteiger partial charge in [0.25, 0.3) is 0 Å². The molecule has 3 unspecified atom stereocenters. The molecule has 0 radical (unpaired) electrons. The third kappa shape index (κ3) is 4.05. The topological polar surface area (TPSA) is 49.6 Å². The number of likely N-dealkylation sites (tertiary alicyclic amines) is 1. The van der Waals surface area contributed by atoms with Crippen LogP contribution in [0.1, 0.15) is 31.9 Å². The highest BCUT2D eigenvalue weighted by atomic mass is 16.2. The number of hydrogen-bond donors (Lipinski definition) is 1. The summed E-state index contributed by atoms with van der Waals surface area (Å²) in [6.45, 7) is 6.57. The van der Waals surface area contributed by atoms with E-state index >= 15 is 0 Å². The van der Waals surface area contributed by atoms with Crippen molar-refractivity contribution in [3.8, 4) is 0 Å². The van der Waals surface area contributed by atoms with Gasteiger partial charge >= 0.3 is 0 Å². The van der Waals surface area contributed by atoms with Crippen LogP contribution in [0.25, 0.3) is 0 Å². The van der Waals surface area contributed by atoms with E-state index in [1.54, 1.807) is 0 Å². The highest BCUT2D eigenvalue weighted by Gasteiger charge is 2.26. The van der Waals surface area contributed by atoms with Gasteiger partial charge in [-0.05, 0) is 24.8 Å². The van der Waals surface area contributed by atoms with Gasteiger partial charge in [-0.2, -0.15) is 0 Å². The number of amides is 1. The van der Waals surface area contributed by atoms with Gasteiger partial charge in [-0.15, -0.1) is 0 Å².